The molecule has 182 valence electrons. The minimum atomic E-state index is -3.78. The maximum atomic E-state index is 15.2. The summed E-state index contributed by atoms with van der Waals surface area (Å²) < 4.78 is 50.1. The van der Waals surface area contributed by atoms with Gasteiger partial charge in [-0.15, -0.1) is 5.10 Å². The van der Waals surface area contributed by atoms with Crippen LogP contribution in [-0.2, 0) is 10.7 Å². The summed E-state index contributed by atoms with van der Waals surface area (Å²) in [6.45, 7) is 8.07. The van der Waals surface area contributed by atoms with Gasteiger partial charge in [-0.2, -0.15) is 13.9 Å². The fourth-order valence-corrected chi connectivity index (χ4v) is 3.99. The highest BCUT2D eigenvalue weighted by atomic mass is 19.3. The van der Waals surface area contributed by atoms with E-state index in [1.165, 1.54) is 12.1 Å². The van der Waals surface area contributed by atoms with Crippen LogP contribution < -0.4 is 10.2 Å². The third-order valence-electron chi connectivity index (χ3n) is 6.10. The molecule has 2 N–H and O–H groups in total. The molecule has 34 heavy (non-hydrogen) atoms. The number of rotatable bonds is 6. The number of alkyl halides is 2. The van der Waals surface area contributed by atoms with Crippen LogP contribution in [-0.4, -0.2) is 52.2 Å². The van der Waals surface area contributed by atoms with Crippen LogP contribution >= 0.6 is 0 Å². The zero-order valence-electron chi connectivity index (χ0n) is 19.6. The zero-order chi connectivity index (χ0) is 24.7. The average Bonchev–Trinajstić information content (AvgIpc) is 2.80. The Morgan fingerprint density at radius 3 is 2.56 bits per heavy atom. The van der Waals surface area contributed by atoms with Crippen LogP contribution in [0, 0.1) is 12.7 Å². The number of hydrogen-bond donors (Lipinski definition) is 2. The van der Waals surface area contributed by atoms with Gasteiger partial charge in [-0.1, -0.05) is 12.1 Å². The highest BCUT2D eigenvalue weighted by molar-refractivity contribution is 5.92. The lowest BCUT2D eigenvalue weighted by Crippen LogP contribution is -2.41. The molecule has 7 nitrogen and oxygen atoms in total. The van der Waals surface area contributed by atoms with Gasteiger partial charge in [-0.3, -0.25) is 4.98 Å². The number of ether oxygens (including phenoxy) is 1. The number of anilines is 2. The van der Waals surface area contributed by atoms with Crippen LogP contribution in [0.25, 0.3) is 10.9 Å². The first-order valence-electron chi connectivity index (χ1n) is 11.1. The molecule has 4 rings (SSSR count). The summed E-state index contributed by atoms with van der Waals surface area (Å²) in [5, 5.41) is 22.1. The normalized spacial score (nSPS) is 16.1. The molecule has 0 saturated carbocycles. The van der Waals surface area contributed by atoms with Crippen molar-refractivity contribution in [2.75, 3.05) is 36.5 Å². The van der Waals surface area contributed by atoms with Crippen LogP contribution in [0.2, 0.25) is 0 Å². The van der Waals surface area contributed by atoms with Gasteiger partial charge in [0.25, 0.3) is 0 Å². The molecular weight excluding hydrogens is 447 g/mol. The molecule has 1 fully saturated rings. The zero-order valence-corrected chi connectivity index (χ0v) is 19.6. The number of aromatic nitrogens is 3. The van der Waals surface area contributed by atoms with E-state index in [-0.39, 0.29) is 5.56 Å². The lowest BCUT2D eigenvalue weighted by molar-refractivity contribution is -0.170. The second-order valence-electron chi connectivity index (χ2n) is 9.03. The predicted molar refractivity (Wildman–Crippen MR) is 124 cm³/mol. The Balaban J connectivity index is 1.70. The average molecular weight is 476 g/mol. The fraction of sp³-hybridized carbons (Fsp3) is 0.458. The summed E-state index contributed by atoms with van der Waals surface area (Å²) in [4.78, 5) is 6.72. The predicted octanol–water partition coefficient (Wildman–Crippen LogP) is 4.34. The van der Waals surface area contributed by atoms with Gasteiger partial charge in [0.05, 0.1) is 47.9 Å². The second kappa shape index (κ2) is 8.99. The van der Waals surface area contributed by atoms with Crippen LogP contribution in [0.3, 0.4) is 0 Å². The van der Waals surface area contributed by atoms with Gasteiger partial charge < -0.3 is 20.1 Å². The Morgan fingerprint density at radius 2 is 1.88 bits per heavy atom. The lowest BCUT2D eigenvalue weighted by atomic mass is 9.91. The summed E-state index contributed by atoms with van der Waals surface area (Å²) >= 11 is 0. The van der Waals surface area contributed by atoms with Crippen LogP contribution in [0.4, 0.5) is 24.7 Å². The molecule has 2 aromatic heterocycles. The van der Waals surface area contributed by atoms with E-state index < -0.39 is 28.9 Å². The number of morpholine rings is 1. The first-order valence-corrected chi connectivity index (χ1v) is 11.1. The molecule has 1 aliphatic rings. The minimum absolute atomic E-state index is 0.0224. The molecule has 0 radical (unpaired) electrons. The summed E-state index contributed by atoms with van der Waals surface area (Å²) in [5.41, 5.74) is -1.08. The van der Waals surface area contributed by atoms with E-state index in [0.29, 0.717) is 35.6 Å². The molecule has 1 aromatic carbocycles. The maximum absolute atomic E-state index is 15.2. The number of pyridine rings is 1. The summed E-state index contributed by atoms with van der Waals surface area (Å²) in [6, 6.07) is 4.99. The van der Waals surface area contributed by atoms with E-state index in [4.69, 9.17) is 4.74 Å². The Bertz CT molecular complexity index is 1190. The quantitative estimate of drug-likeness (QED) is 0.549. The maximum Gasteiger partial charge on any atom is 0.303 e. The van der Waals surface area contributed by atoms with E-state index in [1.807, 2.05) is 6.07 Å². The van der Waals surface area contributed by atoms with Gasteiger partial charge in [0.2, 0.25) is 0 Å². The van der Waals surface area contributed by atoms with Gasteiger partial charge in [-0.25, -0.2) is 4.39 Å². The molecule has 10 heteroatoms. The van der Waals surface area contributed by atoms with Crippen molar-refractivity contribution in [2.24, 2.45) is 0 Å². The van der Waals surface area contributed by atoms with E-state index >= 15 is 4.39 Å². The molecule has 1 atom stereocenters. The molecule has 1 aliphatic heterocycles. The standard InChI is InChI=1S/C24H28F3N5O2/c1-14(17-6-5-7-19(20(17)25)24(26,27)23(3,4)33)29-22-18-12-16(32-8-10-34-11-9-32)13-28-21(18)15(2)30-31-22/h5-7,12-14,33H,8-11H2,1-4H3,(H,29,31)/t14-/m1/s1. The van der Waals surface area contributed by atoms with E-state index in [0.717, 1.165) is 38.7 Å². The van der Waals surface area contributed by atoms with Crippen molar-refractivity contribution >= 4 is 22.4 Å². The number of hydrogen-bond acceptors (Lipinski definition) is 7. The first kappa shape index (κ1) is 24.2. The Morgan fingerprint density at radius 1 is 1.18 bits per heavy atom. The molecule has 0 bridgehead atoms. The number of fused-ring (bicyclic) bond motifs is 1. The second-order valence-corrected chi connectivity index (χ2v) is 9.03. The van der Waals surface area contributed by atoms with Crippen molar-refractivity contribution in [1.82, 2.24) is 15.2 Å². The Hall–Kier alpha value is -2.98. The van der Waals surface area contributed by atoms with Gasteiger partial charge in [-0.05, 0) is 39.8 Å². The van der Waals surface area contributed by atoms with E-state index in [2.05, 4.69) is 25.4 Å². The van der Waals surface area contributed by atoms with Crippen molar-refractivity contribution < 1.29 is 23.0 Å². The van der Waals surface area contributed by atoms with Gasteiger partial charge in [0.1, 0.15) is 11.4 Å². The summed E-state index contributed by atoms with van der Waals surface area (Å²) in [7, 11) is 0. The Kier molecular flexibility index (Phi) is 6.39. The van der Waals surface area contributed by atoms with Crippen molar-refractivity contribution in [3.63, 3.8) is 0 Å². The lowest BCUT2D eigenvalue weighted by Gasteiger charge is -2.30. The van der Waals surface area contributed by atoms with Gasteiger partial charge in [0.15, 0.2) is 5.82 Å². The van der Waals surface area contributed by atoms with Crippen LogP contribution in [0.5, 0.6) is 0 Å². The van der Waals surface area contributed by atoms with Crippen LogP contribution in [0.15, 0.2) is 30.5 Å². The fourth-order valence-electron chi connectivity index (χ4n) is 3.99. The summed E-state index contributed by atoms with van der Waals surface area (Å²) in [5.74, 6) is -4.49. The van der Waals surface area contributed by atoms with Crippen LogP contribution in [0.1, 0.15) is 43.6 Å². The number of halogens is 3. The highest BCUT2D eigenvalue weighted by Crippen LogP contribution is 2.41. The molecule has 3 aromatic rings. The molecule has 0 unspecified atom stereocenters. The molecular formula is C24H28F3N5O2. The van der Waals surface area contributed by atoms with Gasteiger partial charge >= 0.3 is 5.92 Å². The Labute approximate surface area is 196 Å². The number of benzene rings is 1. The first-order chi connectivity index (χ1) is 16.0. The number of aryl methyl sites for hydroxylation is 1. The number of nitrogens with zero attached hydrogens (tertiary/aromatic N) is 4. The van der Waals surface area contributed by atoms with Crippen molar-refractivity contribution in [3.8, 4) is 0 Å². The smallest absolute Gasteiger partial charge is 0.303 e. The molecule has 0 amide bonds. The number of nitrogens with one attached hydrogen (secondary N) is 1. The van der Waals surface area contributed by atoms with Crippen molar-refractivity contribution in [2.45, 2.75) is 45.3 Å². The number of aliphatic hydroxyl groups is 1. The third kappa shape index (κ3) is 4.39. The molecule has 1 saturated heterocycles. The topological polar surface area (TPSA) is 83.4 Å². The van der Waals surface area contributed by atoms with Crippen molar-refractivity contribution in [3.05, 3.63) is 53.1 Å². The largest absolute Gasteiger partial charge is 0.384 e. The van der Waals surface area contributed by atoms with E-state index in [9.17, 15) is 13.9 Å². The third-order valence-corrected chi connectivity index (χ3v) is 6.10. The monoisotopic (exact) mass is 475 g/mol. The summed E-state index contributed by atoms with van der Waals surface area (Å²) in [6.07, 6.45) is 1.78. The highest BCUT2D eigenvalue weighted by Gasteiger charge is 2.49. The molecule has 0 aliphatic carbocycles. The van der Waals surface area contributed by atoms with Crippen molar-refractivity contribution in [1.29, 1.82) is 0 Å². The van der Waals surface area contributed by atoms with Gasteiger partial charge in [0, 0.05) is 24.0 Å². The van der Waals surface area contributed by atoms with E-state index in [1.54, 1.807) is 20.0 Å². The minimum Gasteiger partial charge on any atom is -0.384 e. The molecule has 0 spiro atoms. The SMILES string of the molecule is Cc1nnc(N[C@H](C)c2cccc(C(F)(F)C(C)(C)O)c2F)c2cc(N3CCOCC3)cnc12. The molecule has 3 heterocycles.